The van der Waals surface area contributed by atoms with Gasteiger partial charge in [-0.15, -0.1) is 10.2 Å². The first-order chi connectivity index (χ1) is 13.6. The van der Waals surface area contributed by atoms with Crippen molar-refractivity contribution in [2.75, 3.05) is 11.1 Å². The van der Waals surface area contributed by atoms with Gasteiger partial charge in [-0.1, -0.05) is 70.2 Å². The molecular formula is C21H17BrN4OS. The molecule has 4 rings (SSSR count). The highest BCUT2D eigenvalue weighted by Crippen LogP contribution is 2.24. The average Bonchev–Trinajstić information content (AvgIpc) is 3.07. The summed E-state index contributed by atoms with van der Waals surface area (Å²) < 4.78 is 2.91. The van der Waals surface area contributed by atoms with E-state index in [1.807, 2.05) is 78.3 Å². The minimum absolute atomic E-state index is 0.0755. The van der Waals surface area contributed by atoms with E-state index in [2.05, 4.69) is 31.4 Å². The van der Waals surface area contributed by atoms with Crippen LogP contribution in [0.15, 0.2) is 76.4 Å². The number of nitrogens with one attached hydrogen (secondary N) is 1. The van der Waals surface area contributed by atoms with Crippen molar-refractivity contribution in [1.82, 2.24) is 14.8 Å². The molecule has 7 heteroatoms. The molecule has 0 saturated heterocycles. The summed E-state index contributed by atoms with van der Waals surface area (Å²) in [4.78, 5) is 12.4. The van der Waals surface area contributed by atoms with Crippen molar-refractivity contribution in [1.29, 1.82) is 0 Å². The number of aromatic nitrogens is 3. The van der Waals surface area contributed by atoms with Gasteiger partial charge in [-0.25, -0.2) is 0 Å². The molecule has 0 saturated carbocycles. The first kappa shape index (κ1) is 18.7. The van der Waals surface area contributed by atoms with E-state index in [9.17, 15) is 4.79 Å². The lowest BCUT2D eigenvalue weighted by Gasteiger charge is -2.07. The maximum atomic E-state index is 12.4. The maximum Gasteiger partial charge on any atom is 0.234 e. The molecule has 0 radical (unpaired) electrons. The fourth-order valence-corrected chi connectivity index (χ4v) is 3.86. The Morgan fingerprint density at radius 2 is 1.79 bits per heavy atom. The Morgan fingerprint density at radius 3 is 2.57 bits per heavy atom. The Balaban J connectivity index is 1.41. The lowest BCUT2D eigenvalue weighted by atomic mass is 10.1. The molecule has 1 N–H and O–H groups in total. The molecule has 0 aliphatic heterocycles. The number of benzene rings is 3. The molecule has 0 aliphatic carbocycles. The summed E-state index contributed by atoms with van der Waals surface area (Å²) in [6.07, 6.45) is 0. The van der Waals surface area contributed by atoms with Crippen LogP contribution in [0.25, 0.3) is 22.2 Å². The molecule has 140 valence electrons. The van der Waals surface area contributed by atoms with Gasteiger partial charge >= 0.3 is 0 Å². The number of halogens is 1. The number of hydrogen-bond donors (Lipinski definition) is 1. The summed E-state index contributed by atoms with van der Waals surface area (Å²) in [6, 6.07) is 21.9. The normalized spacial score (nSPS) is 10.9. The second-order valence-corrected chi connectivity index (χ2v) is 8.13. The van der Waals surface area contributed by atoms with E-state index in [0.29, 0.717) is 5.16 Å². The van der Waals surface area contributed by atoms with Gasteiger partial charge in [0, 0.05) is 22.8 Å². The zero-order valence-corrected chi connectivity index (χ0v) is 17.5. The van der Waals surface area contributed by atoms with Gasteiger partial charge in [-0.2, -0.15) is 0 Å². The van der Waals surface area contributed by atoms with Crippen molar-refractivity contribution in [2.24, 2.45) is 7.05 Å². The number of hydrogen-bond acceptors (Lipinski definition) is 4. The van der Waals surface area contributed by atoms with Gasteiger partial charge in [0.1, 0.15) is 0 Å². The van der Waals surface area contributed by atoms with Crippen LogP contribution in [0.2, 0.25) is 0 Å². The van der Waals surface area contributed by atoms with Gasteiger partial charge in [0.15, 0.2) is 11.0 Å². The number of anilines is 1. The first-order valence-electron chi connectivity index (χ1n) is 8.67. The monoisotopic (exact) mass is 452 g/mol. The Kier molecular flexibility index (Phi) is 5.45. The van der Waals surface area contributed by atoms with Crippen molar-refractivity contribution < 1.29 is 4.79 Å². The summed E-state index contributed by atoms with van der Waals surface area (Å²) in [7, 11) is 1.90. The zero-order valence-electron chi connectivity index (χ0n) is 15.1. The largest absolute Gasteiger partial charge is 0.325 e. The molecule has 1 aromatic heterocycles. The van der Waals surface area contributed by atoms with Gasteiger partial charge in [-0.05, 0) is 35.0 Å². The van der Waals surface area contributed by atoms with Gasteiger partial charge in [-0.3, -0.25) is 4.79 Å². The number of fused-ring (bicyclic) bond motifs is 1. The molecule has 5 nitrogen and oxygen atoms in total. The second kappa shape index (κ2) is 8.16. The van der Waals surface area contributed by atoms with Crippen molar-refractivity contribution >= 4 is 50.1 Å². The van der Waals surface area contributed by atoms with Crippen LogP contribution in [0.4, 0.5) is 5.69 Å². The van der Waals surface area contributed by atoms with E-state index < -0.39 is 0 Å². The molecule has 1 amide bonds. The summed E-state index contributed by atoms with van der Waals surface area (Å²) in [5.74, 6) is 0.956. The minimum Gasteiger partial charge on any atom is -0.325 e. The van der Waals surface area contributed by atoms with Gasteiger partial charge in [0.2, 0.25) is 5.91 Å². The number of carbonyl (C=O) groups is 1. The van der Waals surface area contributed by atoms with Crippen LogP contribution in [-0.4, -0.2) is 26.4 Å². The third kappa shape index (κ3) is 4.10. The molecule has 28 heavy (non-hydrogen) atoms. The van der Waals surface area contributed by atoms with E-state index in [4.69, 9.17) is 0 Å². The van der Waals surface area contributed by atoms with Crippen LogP contribution in [0, 0.1) is 0 Å². The fraction of sp³-hybridized carbons (Fsp3) is 0.0952. The van der Waals surface area contributed by atoms with E-state index in [1.165, 1.54) is 11.8 Å². The Labute approximate surface area is 175 Å². The molecule has 0 spiro atoms. The van der Waals surface area contributed by atoms with Crippen LogP contribution in [0.5, 0.6) is 0 Å². The summed E-state index contributed by atoms with van der Waals surface area (Å²) in [6.45, 7) is 0. The molecule has 0 aliphatic rings. The van der Waals surface area contributed by atoms with Crippen LogP contribution in [-0.2, 0) is 11.8 Å². The van der Waals surface area contributed by atoms with Crippen molar-refractivity contribution in [3.8, 4) is 11.4 Å². The standard InChI is InChI=1S/C21H17BrN4OS/c1-26-20(15-6-9-17(22)10-7-15)24-25-21(26)28-13-19(27)23-18-11-8-14-4-2-3-5-16(14)12-18/h2-12H,13H2,1H3,(H,23,27). The second-order valence-electron chi connectivity index (χ2n) is 6.27. The predicted octanol–water partition coefficient (Wildman–Crippen LogP) is 5.13. The molecule has 0 bridgehead atoms. The van der Waals surface area contributed by atoms with Crippen LogP contribution in [0.3, 0.4) is 0 Å². The average molecular weight is 453 g/mol. The predicted molar refractivity (Wildman–Crippen MR) is 117 cm³/mol. The lowest BCUT2D eigenvalue weighted by molar-refractivity contribution is -0.113. The van der Waals surface area contributed by atoms with E-state index in [1.54, 1.807) is 0 Å². The maximum absolute atomic E-state index is 12.4. The topological polar surface area (TPSA) is 59.8 Å². The van der Waals surface area contributed by atoms with E-state index in [0.717, 1.165) is 32.3 Å². The summed E-state index contributed by atoms with van der Waals surface area (Å²) in [5.41, 5.74) is 1.77. The van der Waals surface area contributed by atoms with Crippen LogP contribution >= 0.6 is 27.7 Å². The molecular weight excluding hydrogens is 436 g/mol. The van der Waals surface area contributed by atoms with Crippen molar-refractivity contribution in [2.45, 2.75) is 5.16 Å². The number of carbonyl (C=O) groups excluding carboxylic acids is 1. The number of rotatable bonds is 5. The van der Waals surface area contributed by atoms with E-state index >= 15 is 0 Å². The summed E-state index contributed by atoms with van der Waals surface area (Å²) in [5, 5.41) is 14.4. The molecule has 4 aromatic rings. The number of nitrogens with zero attached hydrogens (tertiary/aromatic N) is 3. The van der Waals surface area contributed by atoms with Gasteiger partial charge < -0.3 is 9.88 Å². The van der Waals surface area contributed by atoms with Crippen molar-refractivity contribution in [3.05, 3.63) is 71.2 Å². The molecule has 1 heterocycles. The first-order valence-corrected chi connectivity index (χ1v) is 10.4. The SMILES string of the molecule is Cn1c(SCC(=O)Nc2ccc3ccccc3c2)nnc1-c1ccc(Br)cc1. The molecule has 0 atom stereocenters. The third-order valence-corrected chi connectivity index (χ3v) is 5.85. The fourth-order valence-electron chi connectivity index (χ4n) is 2.89. The van der Waals surface area contributed by atoms with Gasteiger partial charge in [0.25, 0.3) is 0 Å². The lowest BCUT2D eigenvalue weighted by Crippen LogP contribution is -2.14. The van der Waals surface area contributed by atoms with Crippen LogP contribution < -0.4 is 5.32 Å². The Morgan fingerprint density at radius 1 is 1.04 bits per heavy atom. The smallest absolute Gasteiger partial charge is 0.234 e. The highest BCUT2D eigenvalue weighted by molar-refractivity contribution is 9.10. The van der Waals surface area contributed by atoms with Crippen molar-refractivity contribution in [3.63, 3.8) is 0 Å². The molecule has 0 unspecified atom stereocenters. The highest BCUT2D eigenvalue weighted by Gasteiger charge is 2.13. The van der Waals surface area contributed by atoms with Gasteiger partial charge in [0.05, 0.1) is 5.75 Å². The summed E-state index contributed by atoms with van der Waals surface area (Å²) >= 11 is 4.80. The quantitative estimate of drug-likeness (QED) is 0.426. The Hall–Kier alpha value is -2.64. The molecule has 3 aromatic carbocycles. The highest BCUT2D eigenvalue weighted by atomic mass is 79.9. The zero-order chi connectivity index (χ0) is 19.5. The van der Waals surface area contributed by atoms with E-state index in [-0.39, 0.29) is 11.7 Å². The number of amides is 1. The Bertz CT molecular complexity index is 1140. The third-order valence-electron chi connectivity index (χ3n) is 4.30. The van der Waals surface area contributed by atoms with Crippen LogP contribution in [0.1, 0.15) is 0 Å². The number of thioether (sulfide) groups is 1. The minimum atomic E-state index is -0.0755. The molecule has 0 fully saturated rings.